The molecule has 0 saturated heterocycles. The average Bonchev–Trinajstić information content (AvgIpc) is 2.80. The van der Waals surface area contributed by atoms with Crippen LogP contribution in [0.1, 0.15) is 27.2 Å². The van der Waals surface area contributed by atoms with Crippen molar-refractivity contribution in [1.82, 2.24) is 9.78 Å². The Hall–Kier alpha value is -2.39. The zero-order chi connectivity index (χ0) is 19.6. The molecule has 0 unspecified atom stereocenters. The van der Waals surface area contributed by atoms with Gasteiger partial charge >= 0.3 is 0 Å². The Labute approximate surface area is 152 Å². The SMILES string of the molecule is COCCNc1c(S(C)(=O)=O)ccc(C(=O)c2c(C)[nH]n(C)c2=O)c1C. The minimum atomic E-state index is -3.50. The Kier molecular flexibility index (Phi) is 5.72. The molecule has 142 valence electrons. The highest BCUT2D eigenvalue weighted by Gasteiger charge is 2.24. The number of nitrogens with zero attached hydrogens (tertiary/aromatic N) is 1. The van der Waals surface area contributed by atoms with Gasteiger partial charge in [0.1, 0.15) is 5.56 Å². The van der Waals surface area contributed by atoms with Crippen LogP contribution in [0.4, 0.5) is 5.69 Å². The van der Waals surface area contributed by atoms with Gasteiger partial charge in [0.15, 0.2) is 9.84 Å². The smallest absolute Gasteiger partial charge is 0.277 e. The molecule has 0 saturated carbocycles. The Bertz CT molecular complexity index is 1000. The molecule has 0 aliphatic heterocycles. The molecule has 0 amide bonds. The predicted molar refractivity (Wildman–Crippen MR) is 98.9 cm³/mol. The number of aryl methyl sites for hydroxylation is 2. The molecular weight excluding hydrogens is 358 g/mol. The summed E-state index contributed by atoms with van der Waals surface area (Å²) < 4.78 is 30.4. The highest BCUT2D eigenvalue weighted by Crippen LogP contribution is 2.29. The highest BCUT2D eigenvalue weighted by molar-refractivity contribution is 7.90. The number of anilines is 1. The quantitative estimate of drug-likeness (QED) is 0.547. The molecule has 2 aromatic rings. The van der Waals surface area contributed by atoms with Crippen LogP contribution < -0.4 is 10.9 Å². The standard InChI is InChI=1S/C17H23N3O5S/c1-10-12(16(21)14-11(2)19-20(3)17(14)22)6-7-13(26(5,23)24)15(10)18-8-9-25-4/h6-7,18-19H,8-9H2,1-5H3. The first-order chi connectivity index (χ1) is 12.1. The number of carbonyl (C=O) groups is 1. The summed E-state index contributed by atoms with van der Waals surface area (Å²) in [5.41, 5.74) is 1.18. The van der Waals surface area contributed by atoms with E-state index in [1.54, 1.807) is 13.8 Å². The fraction of sp³-hybridized carbons (Fsp3) is 0.412. The third-order valence-corrected chi connectivity index (χ3v) is 5.27. The molecule has 2 N–H and O–H groups in total. The maximum Gasteiger partial charge on any atom is 0.277 e. The fourth-order valence-corrected chi connectivity index (χ4v) is 3.74. The zero-order valence-electron chi connectivity index (χ0n) is 15.5. The lowest BCUT2D eigenvalue weighted by Crippen LogP contribution is -2.21. The van der Waals surface area contributed by atoms with Crippen molar-refractivity contribution in [3.8, 4) is 0 Å². The van der Waals surface area contributed by atoms with Gasteiger partial charge < -0.3 is 10.1 Å². The van der Waals surface area contributed by atoms with Gasteiger partial charge in [-0.1, -0.05) is 0 Å². The van der Waals surface area contributed by atoms with Gasteiger partial charge in [-0.2, -0.15) is 0 Å². The number of sulfone groups is 1. The van der Waals surface area contributed by atoms with Crippen LogP contribution in [0.3, 0.4) is 0 Å². The molecule has 1 aromatic carbocycles. The molecule has 9 heteroatoms. The molecule has 0 atom stereocenters. The summed E-state index contributed by atoms with van der Waals surface area (Å²) >= 11 is 0. The van der Waals surface area contributed by atoms with Gasteiger partial charge in [0.2, 0.25) is 5.78 Å². The van der Waals surface area contributed by atoms with Gasteiger partial charge in [-0.3, -0.25) is 19.4 Å². The van der Waals surface area contributed by atoms with Crippen LogP contribution in [0.25, 0.3) is 0 Å². The van der Waals surface area contributed by atoms with E-state index in [9.17, 15) is 18.0 Å². The second-order valence-electron chi connectivity index (χ2n) is 6.11. The fourth-order valence-electron chi connectivity index (χ4n) is 2.83. The Morgan fingerprint density at radius 1 is 1.31 bits per heavy atom. The van der Waals surface area contributed by atoms with Crippen LogP contribution in [-0.2, 0) is 21.6 Å². The predicted octanol–water partition coefficient (Wildman–Crippen LogP) is 1.02. The largest absolute Gasteiger partial charge is 0.383 e. The normalized spacial score (nSPS) is 11.6. The molecule has 0 spiro atoms. The second-order valence-corrected chi connectivity index (χ2v) is 8.09. The number of hydrogen-bond donors (Lipinski definition) is 2. The van der Waals surface area contributed by atoms with Crippen molar-refractivity contribution < 1.29 is 17.9 Å². The molecule has 0 fully saturated rings. The second kappa shape index (κ2) is 7.46. The number of benzene rings is 1. The van der Waals surface area contributed by atoms with Crippen LogP contribution in [0, 0.1) is 13.8 Å². The van der Waals surface area contributed by atoms with E-state index in [-0.39, 0.29) is 16.0 Å². The Morgan fingerprint density at radius 3 is 2.46 bits per heavy atom. The number of carbonyl (C=O) groups excluding carboxylic acids is 1. The van der Waals surface area contributed by atoms with Crippen molar-refractivity contribution in [3.63, 3.8) is 0 Å². The van der Waals surface area contributed by atoms with Crippen LogP contribution in [0.2, 0.25) is 0 Å². The molecule has 0 aliphatic rings. The lowest BCUT2D eigenvalue weighted by atomic mass is 9.98. The van der Waals surface area contributed by atoms with Crippen molar-refractivity contribution in [1.29, 1.82) is 0 Å². The molecule has 26 heavy (non-hydrogen) atoms. The summed E-state index contributed by atoms with van der Waals surface area (Å²) in [4.78, 5) is 25.2. The van der Waals surface area contributed by atoms with E-state index in [2.05, 4.69) is 10.4 Å². The molecule has 2 rings (SSSR count). The first kappa shape index (κ1) is 19.9. The van der Waals surface area contributed by atoms with Gasteiger partial charge in [-0.05, 0) is 31.5 Å². The Balaban J connectivity index is 2.62. The number of aromatic nitrogens is 2. The number of nitrogens with one attached hydrogen (secondary N) is 2. The van der Waals surface area contributed by atoms with Gasteiger partial charge in [0.05, 0.1) is 17.2 Å². The monoisotopic (exact) mass is 381 g/mol. The van der Waals surface area contributed by atoms with Gasteiger partial charge in [-0.15, -0.1) is 0 Å². The van der Waals surface area contributed by atoms with Crippen molar-refractivity contribution >= 4 is 21.3 Å². The number of aromatic amines is 1. The van der Waals surface area contributed by atoms with Crippen molar-refractivity contribution in [2.24, 2.45) is 7.05 Å². The molecule has 1 aromatic heterocycles. The first-order valence-corrected chi connectivity index (χ1v) is 9.85. The number of hydrogen-bond acceptors (Lipinski definition) is 6. The van der Waals surface area contributed by atoms with Crippen LogP contribution in [0.5, 0.6) is 0 Å². The van der Waals surface area contributed by atoms with Gasteiger partial charge in [-0.25, -0.2) is 8.42 Å². The molecule has 8 nitrogen and oxygen atoms in total. The number of methoxy groups -OCH3 is 1. The van der Waals surface area contributed by atoms with Crippen molar-refractivity contribution in [2.75, 3.05) is 31.8 Å². The zero-order valence-corrected chi connectivity index (χ0v) is 16.3. The number of ether oxygens (including phenoxy) is 1. The summed E-state index contributed by atoms with van der Waals surface area (Å²) in [7, 11) is -0.430. The average molecular weight is 381 g/mol. The van der Waals surface area contributed by atoms with Crippen LogP contribution >= 0.6 is 0 Å². The van der Waals surface area contributed by atoms with E-state index in [4.69, 9.17) is 4.74 Å². The molecular formula is C17H23N3O5S. The number of ketones is 1. The third kappa shape index (κ3) is 3.73. The Morgan fingerprint density at radius 2 is 1.96 bits per heavy atom. The molecule has 1 heterocycles. The van der Waals surface area contributed by atoms with E-state index >= 15 is 0 Å². The summed E-state index contributed by atoms with van der Waals surface area (Å²) in [6.45, 7) is 4.05. The maximum atomic E-state index is 12.9. The summed E-state index contributed by atoms with van der Waals surface area (Å²) in [5.74, 6) is -0.448. The van der Waals surface area contributed by atoms with E-state index in [1.807, 2.05) is 0 Å². The van der Waals surface area contributed by atoms with E-state index < -0.39 is 21.2 Å². The lowest BCUT2D eigenvalue weighted by Gasteiger charge is -2.16. The van der Waals surface area contributed by atoms with Gasteiger partial charge in [0, 0.05) is 38.2 Å². The first-order valence-electron chi connectivity index (χ1n) is 7.96. The summed E-state index contributed by atoms with van der Waals surface area (Å²) in [5, 5.41) is 5.82. The minimum Gasteiger partial charge on any atom is -0.383 e. The lowest BCUT2D eigenvalue weighted by molar-refractivity contribution is 0.103. The third-order valence-electron chi connectivity index (χ3n) is 4.13. The van der Waals surface area contributed by atoms with Crippen molar-refractivity contribution in [3.05, 3.63) is 44.9 Å². The van der Waals surface area contributed by atoms with E-state index in [0.717, 1.165) is 6.26 Å². The number of rotatable bonds is 7. The topological polar surface area (TPSA) is 110 Å². The highest BCUT2D eigenvalue weighted by atomic mass is 32.2. The van der Waals surface area contributed by atoms with E-state index in [0.29, 0.717) is 30.1 Å². The van der Waals surface area contributed by atoms with Crippen molar-refractivity contribution in [2.45, 2.75) is 18.7 Å². The summed E-state index contributed by atoms with van der Waals surface area (Å²) in [6, 6.07) is 2.83. The number of H-pyrrole nitrogens is 1. The molecule has 0 bridgehead atoms. The minimum absolute atomic E-state index is 0.0468. The molecule has 0 radical (unpaired) electrons. The van der Waals surface area contributed by atoms with Crippen LogP contribution in [0.15, 0.2) is 21.8 Å². The van der Waals surface area contributed by atoms with E-state index in [1.165, 1.54) is 31.0 Å². The van der Waals surface area contributed by atoms with Gasteiger partial charge in [0.25, 0.3) is 5.56 Å². The summed E-state index contributed by atoms with van der Waals surface area (Å²) in [6.07, 6.45) is 1.11. The maximum absolute atomic E-state index is 12.9. The van der Waals surface area contributed by atoms with Crippen LogP contribution in [-0.4, -0.2) is 50.5 Å². The molecule has 0 aliphatic carbocycles.